The Balaban J connectivity index is 1.28. The van der Waals surface area contributed by atoms with Crippen LogP contribution in [0.5, 0.6) is 5.75 Å². The van der Waals surface area contributed by atoms with E-state index in [1.54, 1.807) is 24.4 Å². The van der Waals surface area contributed by atoms with Gasteiger partial charge in [0, 0.05) is 49.2 Å². The largest absolute Gasteiger partial charge is 0.496 e. The lowest BCUT2D eigenvalue weighted by Crippen LogP contribution is -2.50. The second kappa shape index (κ2) is 12.2. The van der Waals surface area contributed by atoms with Crippen LogP contribution in [0.25, 0.3) is 33.6 Å². The van der Waals surface area contributed by atoms with Gasteiger partial charge in [0.2, 0.25) is 0 Å². The van der Waals surface area contributed by atoms with Crippen LogP contribution < -0.4 is 20.7 Å². The molecule has 2 saturated heterocycles. The Labute approximate surface area is 243 Å². The smallest absolute Gasteiger partial charge is 0.251 e. The number of fused-ring (bicyclic) bond motifs is 1. The number of hydrogen-bond acceptors (Lipinski definition) is 8. The number of carbonyl (C=O) groups is 1. The second-order valence-corrected chi connectivity index (χ2v) is 10.6. The standard InChI is InChI=1S/C32H32FN5O4/c1-40-29-15-20(32(39)38-27-7-10-35-18-25(27)33)2-4-24(29)30-16-28-31(42-30)23(6-11-36-28)19-3-5-26(21(14-19)17-34)37-22-8-12-41-13-9-22/h2-6,11,14-16,22,25,27,35,37H,7-10,12-13,18H2,1H3,(H,38,39)/t25-,27+/m0/s1. The molecule has 0 radical (unpaired) electrons. The average molecular weight is 570 g/mol. The minimum atomic E-state index is -1.13. The molecular weight excluding hydrogens is 537 g/mol. The Morgan fingerprint density at radius 2 is 1.98 bits per heavy atom. The van der Waals surface area contributed by atoms with Crippen LogP contribution in [0.4, 0.5) is 10.1 Å². The molecule has 216 valence electrons. The van der Waals surface area contributed by atoms with Crippen molar-refractivity contribution in [2.75, 3.05) is 38.7 Å². The van der Waals surface area contributed by atoms with E-state index >= 15 is 0 Å². The molecule has 10 heteroatoms. The van der Waals surface area contributed by atoms with Gasteiger partial charge in [0.25, 0.3) is 5.91 Å². The highest BCUT2D eigenvalue weighted by molar-refractivity contribution is 5.97. The Morgan fingerprint density at radius 1 is 1.12 bits per heavy atom. The van der Waals surface area contributed by atoms with E-state index < -0.39 is 12.2 Å². The Morgan fingerprint density at radius 3 is 2.76 bits per heavy atom. The van der Waals surface area contributed by atoms with Crippen LogP contribution in [-0.4, -0.2) is 62.6 Å². The summed E-state index contributed by atoms with van der Waals surface area (Å²) in [6.07, 6.45) is 2.91. The van der Waals surface area contributed by atoms with Gasteiger partial charge in [-0.3, -0.25) is 9.78 Å². The van der Waals surface area contributed by atoms with Crippen molar-refractivity contribution in [3.63, 3.8) is 0 Å². The molecule has 0 bridgehead atoms. The quantitative estimate of drug-likeness (QED) is 0.282. The Bertz CT molecular complexity index is 1640. The molecule has 3 N–H and O–H groups in total. The third-order valence-electron chi connectivity index (χ3n) is 7.90. The zero-order valence-electron chi connectivity index (χ0n) is 23.3. The van der Waals surface area contributed by atoms with Crippen molar-refractivity contribution in [1.82, 2.24) is 15.6 Å². The van der Waals surface area contributed by atoms with Crippen molar-refractivity contribution < 1.29 is 23.1 Å². The maximum absolute atomic E-state index is 14.2. The zero-order valence-corrected chi connectivity index (χ0v) is 23.3. The summed E-state index contributed by atoms with van der Waals surface area (Å²) in [6, 6.07) is 16.6. The van der Waals surface area contributed by atoms with Crippen LogP contribution in [-0.2, 0) is 4.74 Å². The monoisotopic (exact) mass is 569 g/mol. The number of methoxy groups -OCH3 is 1. The van der Waals surface area contributed by atoms with Crippen LogP contribution in [0.2, 0.25) is 0 Å². The summed E-state index contributed by atoms with van der Waals surface area (Å²) in [4.78, 5) is 17.4. The molecule has 1 amide bonds. The predicted molar refractivity (Wildman–Crippen MR) is 157 cm³/mol. The summed E-state index contributed by atoms with van der Waals surface area (Å²) in [6.45, 7) is 2.31. The number of piperidine rings is 1. The molecule has 0 spiro atoms. The van der Waals surface area contributed by atoms with Crippen molar-refractivity contribution in [1.29, 1.82) is 5.26 Å². The molecule has 2 atom stereocenters. The second-order valence-electron chi connectivity index (χ2n) is 10.6. The summed E-state index contributed by atoms with van der Waals surface area (Å²) in [5, 5.41) is 19.2. The number of benzene rings is 2. The van der Waals surface area contributed by atoms with Gasteiger partial charge in [0.05, 0.1) is 30.0 Å². The van der Waals surface area contributed by atoms with E-state index in [2.05, 4.69) is 27.0 Å². The van der Waals surface area contributed by atoms with E-state index in [0.29, 0.717) is 65.5 Å². The molecule has 0 unspecified atom stereocenters. The fourth-order valence-corrected chi connectivity index (χ4v) is 5.56. The van der Waals surface area contributed by atoms with Gasteiger partial charge in [0.15, 0.2) is 5.58 Å². The van der Waals surface area contributed by atoms with Crippen molar-refractivity contribution in [3.05, 3.63) is 65.9 Å². The fourth-order valence-electron chi connectivity index (χ4n) is 5.56. The van der Waals surface area contributed by atoms with Gasteiger partial charge in [0.1, 0.15) is 29.3 Å². The summed E-state index contributed by atoms with van der Waals surface area (Å²) in [7, 11) is 1.52. The molecule has 2 aliphatic rings. The summed E-state index contributed by atoms with van der Waals surface area (Å²) in [5.74, 6) is 0.612. The number of nitriles is 1. The number of carbonyl (C=O) groups excluding carboxylic acids is 1. The van der Waals surface area contributed by atoms with Crippen molar-refractivity contribution in [2.24, 2.45) is 0 Å². The van der Waals surface area contributed by atoms with E-state index in [4.69, 9.17) is 13.9 Å². The Kier molecular flexibility index (Phi) is 8.04. The molecule has 4 aromatic rings. The minimum absolute atomic E-state index is 0.227. The van der Waals surface area contributed by atoms with Gasteiger partial charge in [-0.05, 0) is 67.8 Å². The predicted octanol–water partition coefficient (Wildman–Crippen LogP) is 5.06. The molecule has 2 aromatic carbocycles. The number of ether oxygens (including phenoxy) is 2. The molecular formula is C32H32FN5O4. The van der Waals surface area contributed by atoms with Gasteiger partial charge < -0.3 is 29.8 Å². The topological polar surface area (TPSA) is 121 Å². The van der Waals surface area contributed by atoms with Crippen LogP contribution in [0.15, 0.2) is 59.1 Å². The summed E-state index contributed by atoms with van der Waals surface area (Å²) >= 11 is 0. The van der Waals surface area contributed by atoms with E-state index in [0.717, 1.165) is 29.7 Å². The number of aromatic nitrogens is 1. The van der Waals surface area contributed by atoms with Gasteiger partial charge in [-0.25, -0.2) is 4.39 Å². The number of amides is 1. The summed E-state index contributed by atoms with van der Waals surface area (Å²) < 4.78 is 31.6. The molecule has 9 nitrogen and oxygen atoms in total. The first kappa shape index (κ1) is 27.7. The van der Waals surface area contributed by atoms with Crippen LogP contribution in [0.3, 0.4) is 0 Å². The number of anilines is 1. The number of hydrogen-bond donors (Lipinski definition) is 3. The highest BCUT2D eigenvalue weighted by Gasteiger charge is 2.27. The molecule has 2 fully saturated rings. The minimum Gasteiger partial charge on any atom is -0.496 e. The Hall–Kier alpha value is -4.46. The maximum atomic E-state index is 14.2. The number of nitrogens with one attached hydrogen (secondary N) is 3. The SMILES string of the molecule is COc1cc(C(=O)N[C@@H]2CCNC[C@@H]2F)ccc1-c1cc2nccc(-c3ccc(NC4CCOCC4)c(C#N)c3)c2o1. The molecule has 0 saturated carbocycles. The van der Waals surface area contributed by atoms with Gasteiger partial charge >= 0.3 is 0 Å². The number of rotatable bonds is 7. The molecule has 0 aliphatic carbocycles. The molecule has 4 heterocycles. The van der Waals surface area contributed by atoms with Gasteiger partial charge in [-0.15, -0.1) is 0 Å². The number of nitrogens with zero attached hydrogens (tertiary/aromatic N) is 2. The number of pyridine rings is 1. The molecule has 2 aromatic heterocycles. The lowest BCUT2D eigenvalue weighted by atomic mass is 10.0. The highest BCUT2D eigenvalue weighted by Crippen LogP contribution is 2.38. The fraction of sp³-hybridized carbons (Fsp3) is 0.344. The van der Waals surface area contributed by atoms with Crippen molar-refractivity contribution in [2.45, 2.75) is 37.5 Å². The highest BCUT2D eigenvalue weighted by atomic mass is 19.1. The number of halogens is 1. The lowest BCUT2D eigenvalue weighted by Gasteiger charge is -2.27. The first-order valence-electron chi connectivity index (χ1n) is 14.2. The number of alkyl halides is 1. The normalized spacial score (nSPS) is 19.3. The van der Waals surface area contributed by atoms with Crippen molar-refractivity contribution in [3.8, 4) is 34.3 Å². The zero-order chi connectivity index (χ0) is 29.1. The first-order chi connectivity index (χ1) is 20.5. The third-order valence-corrected chi connectivity index (χ3v) is 7.90. The van der Waals surface area contributed by atoms with E-state index in [1.165, 1.54) is 7.11 Å². The molecule has 6 rings (SSSR count). The molecule has 42 heavy (non-hydrogen) atoms. The van der Waals surface area contributed by atoms with Gasteiger partial charge in [-0.2, -0.15) is 5.26 Å². The summed E-state index contributed by atoms with van der Waals surface area (Å²) in [5.41, 5.74) is 5.23. The first-order valence-corrected chi connectivity index (χ1v) is 14.2. The van der Waals surface area contributed by atoms with Crippen LogP contribution >= 0.6 is 0 Å². The van der Waals surface area contributed by atoms with E-state index in [-0.39, 0.29) is 18.5 Å². The maximum Gasteiger partial charge on any atom is 0.251 e. The average Bonchev–Trinajstić information content (AvgIpc) is 3.47. The van der Waals surface area contributed by atoms with E-state index in [1.807, 2.05) is 30.3 Å². The van der Waals surface area contributed by atoms with Crippen LogP contribution in [0.1, 0.15) is 35.2 Å². The van der Waals surface area contributed by atoms with Crippen LogP contribution in [0, 0.1) is 11.3 Å². The third kappa shape index (κ3) is 5.66. The van der Waals surface area contributed by atoms with E-state index in [9.17, 15) is 14.4 Å². The lowest BCUT2D eigenvalue weighted by molar-refractivity contribution is 0.0891. The molecule has 2 aliphatic heterocycles. The number of furan rings is 1. The van der Waals surface area contributed by atoms with Crippen molar-refractivity contribution >= 4 is 22.7 Å². The van der Waals surface area contributed by atoms with Gasteiger partial charge in [-0.1, -0.05) is 6.07 Å².